The molecule has 3 heterocycles. The second-order valence-electron chi connectivity index (χ2n) is 5.87. The van der Waals surface area contributed by atoms with Crippen molar-refractivity contribution in [2.24, 2.45) is 7.05 Å². The van der Waals surface area contributed by atoms with Crippen LogP contribution < -0.4 is 5.32 Å². The van der Waals surface area contributed by atoms with Gasteiger partial charge in [-0.2, -0.15) is 5.10 Å². The number of fused-ring (bicyclic) bond motifs is 1. The molecule has 1 aromatic heterocycles. The van der Waals surface area contributed by atoms with Gasteiger partial charge in [0.25, 0.3) is 0 Å². The Morgan fingerprint density at radius 2 is 2.38 bits per heavy atom. The van der Waals surface area contributed by atoms with Crippen LogP contribution in [0.15, 0.2) is 0 Å². The summed E-state index contributed by atoms with van der Waals surface area (Å²) in [5.41, 5.74) is 0.768. The summed E-state index contributed by atoms with van der Waals surface area (Å²) in [6.07, 6.45) is 2.57. The number of rotatable bonds is 4. The Morgan fingerprint density at radius 3 is 3.14 bits per heavy atom. The van der Waals surface area contributed by atoms with E-state index in [4.69, 9.17) is 4.74 Å². The van der Waals surface area contributed by atoms with E-state index < -0.39 is 5.97 Å². The second-order valence-corrected chi connectivity index (χ2v) is 5.87. The highest BCUT2D eigenvalue weighted by molar-refractivity contribution is 5.94. The van der Waals surface area contributed by atoms with Crippen molar-refractivity contribution in [1.82, 2.24) is 14.7 Å². The van der Waals surface area contributed by atoms with Gasteiger partial charge in [-0.15, -0.1) is 0 Å². The number of nitrogens with one attached hydrogen (secondary N) is 1. The fourth-order valence-corrected chi connectivity index (χ4v) is 3.34. The van der Waals surface area contributed by atoms with Crippen LogP contribution in [0.2, 0.25) is 0 Å². The molecule has 0 aliphatic carbocycles. The number of anilines is 1. The van der Waals surface area contributed by atoms with Crippen LogP contribution in [0.3, 0.4) is 0 Å². The summed E-state index contributed by atoms with van der Waals surface area (Å²) in [5, 5.41) is 16.7. The van der Waals surface area contributed by atoms with Crippen LogP contribution in [0.4, 0.5) is 5.82 Å². The third-order valence-electron chi connectivity index (χ3n) is 4.39. The lowest BCUT2D eigenvalue weighted by Gasteiger charge is -2.35. The summed E-state index contributed by atoms with van der Waals surface area (Å²) >= 11 is 0. The van der Waals surface area contributed by atoms with Gasteiger partial charge in [-0.05, 0) is 26.3 Å². The predicted molar refractivity (Wildman–Crippen MR) is 77.7 cm³/mol. The highest BCUT2D eigenvalue weighted by Gasteiger charge is 2.32. The quantitative estimate of drug-likeness (QED) is 0.851. The molecule has 0 radical (unpaired) electrons. The van der Waals surface area contributed by atoms with E-state index in [0.29, 0.717) is 24.1 Å². The van der Waals surface area contributed by atoms with Crippen molar-refractivity contribution in [3.8, 4) is 0 Å². The molecule has 7 nitrogen and oxygen atoms in total. The summed E-state index contributed by atoms with van der Waals surface area (Å²) in [4.78, 5) is 13.8. The number of ether oxygens (including phenoxy) is 1. The number of carboxylic acid groups (broad SMARTS) is 1. The van der Waals surface area contributed by atoms with Crippen molar-refractivity contribution in [2.45, 2.75) is 31.9 Å². The molecule has 2 aliphatic heterocycles. The lowest BCUT2D eigenvalue weighted by molar-refractivity contribution is -0.0416. The maximum absolute atomic E-state index is 11.3. The molecule has 21 heavy (non-hydrogen) atoms. The fourth-order valence-electron chi connectivity index (χ4n) is 3.34. The largest absolute Gasteiger partial charge is 0.477 e. The average Bonchev–Trinajstić information content (AvgIpc) is 2.99. The molecular formula is C14H22N4O3. The number of hydrogen-bond donors (Lipinski definition) is 2. The lowest BCUT2D eigenvalue weighted by Crippen LogP contribution is -2.48. The van der Waals surface area contributed by atoms with Crippen molar-refractivity contribution in [3.05, 3.63) is 11.3 Å². The van der Waals surface area contributed by atoms with Crippen LogP contribution in [0.25, 0.3) is 0 Å². The minimum Gasteiger partial charge on any atom is -0.477 e. The van der Waals surface area contributed by atoms with Crippen molar-refractivity contribution in [3.63, 3.8) is 0 Å². The summed E-state index contributed by atoms with van der Waals surface area (Å²) in [5.74, 6) is -0.403. The molecule has 0 bridgehead atoms. The van der Waals surface area contributed by atoms with Crippen LogP contribution >= 0.6 is 0 Å². The normalized spacial score (nSPS) is 25.8. The molecule has 2 atom stereocenters. The smallest absolute Gasteiger partial charge is 0.341 e. The van der Waals surface area contributed by atoms with Crippen molar-refractivity contribution in [1.29, 1.82) is 0 Å². The van der Waals surface area contributed by atoms with Gasteiger partial charge < -0.3 is 15.2 Å². The molecule has 2 fully saturated rings. The van der Waals surface area contributed by atoms with Crippen molar-refractivity contribution in [2.75, 3.05) is 31.6 Å². The van der Waals surface area contributed by atoms with Gasteiger partial charge in [0.2, 0.25) is 0 Å². The number of morpholine rings is 1. The molecule has 0 spiro atoms. The van der Waals surface area contributed by atoms with Crippen LogP contribution in [-0.4, -0.2) is 64.1 Å². The van der Waals surface area contributed by atoms with Gasteiger partial charge in [0.05, 0.1) is 18.4 Å². The first-order chi connectivity index (χ1) is 10.1. The summed E-state index contributed by atoms with van der Waals surface area (Å²) in [6, 6.07) is 0.578. The molecule has 2 N–H and O–H groups in total. The Kier molecular flexibility index (Phi) is 3.86. The number of nitrogens with zero attached hydrogens (tertiary/aromatic N) is 3. The Bertz CT molecular complexity index is 543. The number of carbonyl (C=O) groups is 1. The predicted octanol–water partition coefficient (Wildman–Crippen LogP) is 0.702. The zero-order valence-electron chi connectivity index (χ0n) is 12.5. The molecule has 0 aromatic carbocycles. The van der Waals surface area contributed by atoms with Crippen LogP contribution in [0.5, 0.6) is 0 Å². The van der Waals surface area contributed by atoms with Gasteiger partial charge in [-0.1, -0.05) is 0 Å². The summed E-state index contributed by atoms with van der Waals surface area (Å²) < 4.78 is 7.46. The monoisotopic (exact) mass is 294 g/mol. The Hall–Kier alpha value is -1.60. The lowest BCUT2D eigenvalue weighted by atomic mass is 10.2. The molecule has 2 aliphatic rings. The third kappa shape index (κ3) is 2.75. The Labute approximate surface area is 123 Å². The van der Waals surface area contributed by atoms with E-state index in [9.17, 15) is 9.90 Å². The number of carboxylic acids is 1. The van der Waals surface area contributed by atoms with E-state index in [1.165, 1.54) is 12.8 Å². The highest BCUT2D eigenvalue weighted by Crippen LogP contribution is 2.23. The first kappa shape index (κ1) is 14.3. The van der Waals surface area contributed by atoms with Gasteiger partial charge >= 0.3 is 5.97 Å². The zero-order chi connectivity index (χ0) is 15.0. The number of aromatic nitrogens is 2. The molecule has 3 rings (SSSR count). The van der Waals surface area contributed by atoms with Crippen LogP contribution in [-0.2, 0) is 11.8 Å². The van der Waals surface area contributed by atoms with Gasteiger partial charge in [0.1, 0.15) is 11.4 Å². The Balaban J connectivity index is 1.64. The standard InChI is InChI=1S/C14H22N4O3/c1-9-12(14(19)20)13(17(2)16-9)15-6-11-7-18-5-3-4-10(18)8-21-11/h10-11,15H,3-8H2,1-2H3,(H,19,20). The number of aryl methyl sites for hydroxylation is 2. The molecule has 7 heteroatoms. The molecule has 2 unspecified atom stereocenters. The molecule has 116 valence electrons. The van der Waals surface area contributed by atoms with E-state index >= 15 is 0 Å². The number of hydrogen-bond acceptors (Lipinski definition) is 5. The maximum atomic E-state index is 11.3. The molecule has 1 aromatic rings. The van der Waals surface area contributed by atoms with E-state index in [2.05, 4.69) is 15.3 Å². The van der Waals surface area contributed by atoms with E-state index in [1.54, 1.807) is 18.7 Å². The first-order valence-electron chi connectivity index (χ1n) is 7.42. The third-order valence-corrected chi connectivity index (χ3v) is 4.39. The van der Waals surface area contributed by atoms with Crippen molar-refractivity contribution >= 4 is 11.8 Å². The molecular weight excluding hydrogens is 272 g/mol. The molecule has 0 saturated carbocycles. The highest BCUT2D eigenvalue weighted by atomic mass is 16.5. The fraction of sp³-hybridized carbons (Fsp3) is 0.714. The molecule has 2 saturated heterocycles. The van der Waals surface area contributed by atoms with Gasteiger partial charge in [-0.25, -0.2) is 4.79 Å². The first-order valence-corrected chi connectivity index (χ1v) is 7.42. The van der Waals surface area contributed by atoms with Gasteiger partial charge in [-0.3, -0.25) is 9.58 Å². The van der Waals surface area contributed by atoms with Gasteiger partial charge in [0, 0.05) is 26.2 Å². The van der Waals surface area contributed by atoms with Crippen LogP contribution in [0.1, 0.15) is 28.9 Å². The van der Waals surface area contributed by atoms with E-state index in [-0.39, 0.29) is 11.7 Å². The van der Waals surface area contributed by atoms with Gasteiger partial charge in [0.15, 0.2) is 0 Å². The van der Waals surface area contributed by atoms with E-state index in [0.717, 1.165) is 19.7 Å². The summed E-state index contributed by atoms with van der Waals surface area (Å²) in [6.45, 7) is 5.15. The average molecular weight is 294 g/mol. The zero-order valence-corrected chi connectivity index (χ0v) is 12.5. The minimum absolute atomic E-state index is 0.0937. The second kappa shape index (κ2) is 5.65. The number of aromatic carboxylic acids is 1. The maximum Gasteiger partial charge on any atom is 0.341 e. The van der Waals surface area contributed by atoms with Crippen LogP contribution in [0, 0.1) is 6.92 Å². The van der Waals surface area contributed by atoms with E-state index in [1.807, 2.05) is 0 Å². The topological polar surface area (TPSA) is 79.6 Å². The minimum atomic E-state index is -0.952. The SMILES string of the molecule is Cc1nn(C)c(NCC2CN3CCCC3CO2)c1C(=O)O. The van der Waals surface area contributed by atoms with Crippen molar-refractivity contribution < 1.29 is 14.6 Å². The summed E-state index contributed by atoms with van der Waals surface area (Å²) in [7, 11) is 1.75. The Morgan fingerprint density at radius 1 is 1.57 bits per heavy atom. The molecule has 0 amide bonds.